The highest BCUT2D eigenvalue weighted by molar-refractivity contribution is 6.91. The molecule has 0 aliphatic heterocycles. The highest BCUT2D eigenvalue weighted by atomic mass is 28.3. The lowest BCUT2D eigenvalue weighted by Gasteiger charge is -2.29. The van der Waals surface area contributed by atoms with Gasteiger partial charge in [-0.2, -0.15) is 0 Å². The summed E-state index contributed by atoms with van der Waals surface area (Å²) in [5.74, 6) is -0.277. The molecule has 112 valence electrons. The molecule has 0 spiro atoms. The fraction of sp³-hybridized carbons (Fsp3) is 0.389. The van der Waals surface area contributed by atoms with Crippen molar-refractivity contribution in [2.45, 2.75) is 38.9 Å². The van der Waals surface area contributed by atoms with Gasteiger partial charge in [-0.05, 0) is 22.9 Å². The Labute approximate surface area is 128 Å². The maximum Gasteiger partial charge on any atom is 0.337 e. The van der Waals surface area contributed by atoms with Crippen molar-refractivity contribution in [3.05, 3.63) is 42.0 Å². The maximum atomic E-state index is 11.6. The lowest BCUT2D eigenvalue weighted by Crippen LogP contribution is -2.45. The number of hydrogen-bond acceptors (Lipinski definition) is 2. The van der Waals surface area contributed by atoms with Gasteiger partial charge in [-0.15, -0.1) is 0 Å². The molecule has 0 unspecified atom stereocenters. The van der Waals surface area contributed by atoms with Crippen molar-refractivity contribution in [1.29, 1.82) is 0 Å². The Balaban J connectivity index is 2.50. The zero-order valence-corrected chi connectivity index (χ0v) is 14.4. The smallest absolute Gasteiger partial charge is 0.337 e. The van der Waals surface area contributed by atoms with Gasteiger partial charge in [0.05, 0.1) is 20.7 Å². The Kier molecular flexibility index (Phi) is 4.83. The quantitative estimate of drug-likeness (QED) is 0.606. The van der Waals surface area contributed by atoms with Crippen LogP contribution in [-0.4, -0.2) is 21.2 Å². The second kappa shape index (κ2) is 6.44. The summed E-state index contributed by atoms with van der Waals surface area (Å²) in [6.07, 6.45) is 0. The normalized spacial score (nSPS) is 11.6. The van der Waals surface area contributed by atoms with Crippen LogP contribution in [0.5, 0.6) is 0 Å². The number of rotatable bonds is 5. The van der Waals surface area contributed by atoms with Crippen molar-refractivity contribution in [2.75, 3.05) is 7.11 Å². The van der Waals surface area contributed by atoms with E-state index in [1.165, 1.54) is 35.8 Å². The third-order valence-electron chi connectivity index (χ3n) is 4.90. The maximum absolute atomic E-state index is 11.6. The number of methoxy groups -OCH3 is 1. The van der Waals surface area contributed by atoms with Crippen LogP contribution in [0, 0.1) is 0 Å². The number of fused-ring (bicyclic) bond motifs is 1. The lowest BCUT2D eigenvalue weighted by atomic mass is 10.1. The molecule has 0 bridgehead atoms. The first-order valence-electron chi connectivity index (χ1n) is 7.72. The molecule has 2 nitrogen and oxygen atoms in total. The summed E-state index contributed by atoms with van der Waals surface area (Å²) in [5.41, 5.74) is 0.614. The molecule has 0 aliphatic rings. The highest BCUT2D eigenvalue weighted by Gasteiger charge is 2.28. The van der Waals surface area contributed by atoms with Crippen LogP contribution in [0.15, 0.2) is 36.4 Å². The monoisotopic (exact) mass is 300 g/mol. The summed E-state index contributed by atoms with van der Waals surface area (Å²) < 4.78 is 4.78. The molecule has 0 aromatic heterocycles. The van der Waals surface area contributed by atoms with E-state index >= 15 is 0 Å². The summed E-state index contributed by atoms with van der Waals surface area (Å²) in [5, 5.41) is 3.86. The minimum Gasteiger partial charge on any atom is -0.465 e. The number of hydrogen-bond donors (Lipinski definition) is 0. The van der Waals surface area contributed by atoms with Gasteiger partial charge in [0.1, 0.15) is 0 Å². The molecular formula is C18H24O2Si. The Hall–Kier alpha value is -1.61. The minimum atomic E-state index is -1.34. The van der Waals surface area contributed by atoms with Gasteiger partial charge in [0.2, 0.25) is 0 Å². The van der Waals surface area contributed by atoms with Crippen molar-refractivity contribution < 1.29 is 9.53 Å². The number of carbonyl (C=O) groups excluding carboxylic acids is 1. The molecule has 0 saturated carbocycles. The first kappa shape index (κ1) is 15.8. The van der Waals surface area contributed by atoms with E-state index in [9.17, 15) is 4.79 Å². The number of ether oxygens (including phenoxy) is 1. The van der Waals surface area contributed by atoms with Crippen molar-refractivity contribution in [1.82, 2.24) is 0 Å². The van der Waals surface area contributed by atoms with E-state index in [1.54, 1.807) is 0 Å². The van der Waals surface area contributed by atoms with E-state index in [1.807, 2.05) is 18.2 Å². The largest absolute Gasteiger partial charge is 0.465 e. The molecule has 0 radical (unpaired) electrons. The molecule has 3 heteroatoms. The summed E-state index contributed by atoms with van der Waals surface area (Å²) in [7, 11) is 0.0713. The molecular weight excluding hydrogens is 276 g/mol. The Morgan fingerprint density at radius 3 is 2.10 bits per heavy atom. The number of carbonyl (C=O) groups is 1. The predicted octanol–water partition coefficient (Wildman–Crippen LogP) is 4.34. The van der Waals surface area contributed by atoms with Crippen LogP contribution in [0.25, 0.3) is 10.8 Å². The van der Waals surface area contributed by atoms with Crippen molar-refractivity contribution in [3.8, 4) is 0 Å². The molecule has 21 heavy (non-hydrogen) atoms. The SMILES string of the molecule is CC[Si](CC)(CC)c1ccc2cc(C(=O)OC)ccc2c1. The van der Waals surface area contributed by atoms with Crippen LogP contribution in [0.3, 0.4) is 0 Å². The van der Waals surface area contributed by atoms with Gasteiger partial charge in [0.15, 0.2) is 0 Å². The van der Waals surface area contributed by atoms with Gasteiger partial charge < -0.3 is 4.74 Å². The average molecular weight is 300 g/mol. The molecule has 0 fully saturated rings. The second-order valence-electron chi connectivity index (χ2n) is 5.61. The number of benzene rings is 2. The van der Waals surface area contributed by atoms with Gasteiger partial charge in [-0.3, -0.25) is 0 Å². The van der Waals surface area contributed by atoms with Crippen LogP contribution in [0.4, 0.5) is 0 Å². The third kappa shape index (κ3) is 2.88. The first-order valence-corrected chi connectivity index (χ1v) is 10.3. The highest BCUT2D eigenvalue weighted by Crippen LogP contribution is 2.23. The van der Waals surface area contributed by atoms with Crippen molar-refractivity contribution in [2.24, 2.45) is 0 Å². The van der Waals surface area contributed by atoms with E-state index in [2.05, 4.69) is 39.0 Å². The molecule has 2 aromatic rings. The number of esters is 1. The zero-order valence-electron chi connectivity index (χ0n) is 13.4. The Morgan fingerprint density at radius 2 is 1.52 bits per heavy atom. The summed E-state index contributed by atoms with van der Waals surface area (Å²) >= 11 is 0. The van der Waals surface area contributed by atoms with Crippen molar-refractivity contribution in [3.63, 3.8) is 0 Å². The third-order valence-corrected chi connectivity index (χ3v) is 10.5. The van der Waals surface area contributed by atoms with Gasteiger partial charge in [0, 0.05) is 0 Å². The van der Waals surface area contributed by atoms with E-state index in [0.29, 0.717) is 5.56 Å². The molecule has 0 amide bonds. The molecule has 2 rings (SSSR count). The first-order chi connectivity index (χ1) is 10.1. The van der Waals surface area contributed by atoms with Crippen LogP contribution in [-0.2, 0) is 4.74 Å². The van der Waals surface area contributed by atoms with E-state index in [4.69, 9.17) is 4.74 Å². The van der Waals surface area contributed by atoms with Crippen LogP contribution >= 0.6 is 0 Å². The van der Waals surface area contributed by atoms with Crippen molar-refractivity contribution >= 4 is 30.0 Å². The molecule has 0 atom stereocenters. The fourth-order valence-electron chi connectivity index (χ4n) is 3.18. The van der Waals surface area contributed by atoms with Crippen LogP contribution in [0.2, 0.25) is 18.1 Å². The molecule has 2 aromatic carbocycles. The lowest BCUT2D eigenvalue weighted by molar-refractivity contribution is 0.0601. The summed E-state index contributed by atoms with van der Waals surface area (Å²) in [6, 6.07) is 16.4. The molecule has 0 saturated heterocycles. The topological polar surface area (TPSA) is 26.3 Å². The summed E-state index contributed by atoms with van der Waals surface area (Å²) in [6.45, 7) is 6.97. The van der Waals surface area contributed by atoms with Gasteiger partial charge in [0.25, 0.3) is 0 Å². The average Bonchev–Trinajstić information content (AvgIpc) is 2.55. The van der Waals surface area contributed by atoms with Crippen LogP contribution < -0.4 is 5.19 Å². The fourth-order valence-corrected chi connectivity index (χ4v) is 6.81. The van der Waals surface area contributed by atoms with E-state index in [-0.39, 0.29) is 5.97 Å². The van der Waals surface area contributed by atoms with Gasteiger partial charge in [-0.1, -0.05) is 68.4 Å². The Bertz CT molecular complexity index is 636. The predicted molar refractivity (Wildman–Crippen MR) is 92.1 cm³/mol. The molecule has 0 N–H and O–H groups in total. The minimum absolute atomic E-state index is 0.277. The standard InChI is InChI=1S/C18H24O2Si/c1-5-21(6-2,7-3)17-11-10-14-12-16(18(19)20-4)9-8-15(14)13-17/h8-13H,5-7H2,1-4H3. The van der Waals surface area contributed by atoms with Crippen LogP contribution in [0.1, 0.15) is 31.1 Å². The summed E-state index contributed by atoms with van der Waals surface area (Å²) in [4.78, 5) is 11.6. The molecule has 0 heterocycles. The second-order valence-corrected chi connectivity index (χ2v) is 10.9. The molecule has 0 aliphatic carbocycles. The van der Waals surface area contributed by atoms with E-state index < -0.39 is 8.07 Å². The van der Waals surface area contributed by atoms with E-state index in [0.717, 1.165) is 5.39 Å². The van der Waals surface area contributed by atoms with Gasteiger partial charge >= 0.3 is 5.97 Å². The Morgan fingerprint density at radius 1 is 0.952 bits per heavy atom. The zero-order chi connectivity index (χ0) is 15.5. The van der Waals surface area contributed by atoms with Gasteiger partial charge in [-0.25, -0.2) is 4.79 Å².